The van der Waals surface area contributed by atoms with Crippen molar-refractivity contribution in [2.24, 2.45) is 0 Å². The molecule has 98 valence electrons. The zero-order valence-electron chi connectivity index (χ0n) is 9.59. The first-order chi connectivity index (χ1) is 8.97. The smallest absolute Gasteiger partial charge is 0.168 e. The Labute approximate surface area is 138 Å². The van der Waals surface area contributed by atoms with Crippen molar-refractivity contribution in [2.45, 2.75) is 6.42 Å². The van der Waals surface area contributed by atoms with E-state index in [0.717, 1.165) is 14.5 Å². The van der Waals surface area contributed by atoms with E-state index in [1.165, 1.54) is 0 Å². The van der Waals surface area contributed by atoms with E-state index >= 15 is 0 Å². The van der Waals surface area contributed by atoms with Crippen LogP contribution in [0.25, 0.3) is 0 Å². The third kappa shape index (κ3) is 3.82. The zero-order valence-corrected chi connectivity index (χ0v) is 14.3. The average Bonchev–Trinajstić information content (AvgIpc) is 2.33. The molecule has 0 amide bonds. The summed E-state index contributed by atoms with van der Waals surface area (Å²) in [6.45, 7) is 0. The van der Waals surface area contributed by atoms with Crippen LogP contribution < -0.4 is 0 Å². The van der Waals surface area contributed by atoms with Crippen LogP contribution >= 0.6 is 55.1 Å². The van der Waals surface area contributed by atoms with Gasteiger partial charge < -0.3 is 0 Å². The van der Waals surface area contributed by atoms with Crippen LogP contribution in [0, 0.1) is 0 Å². The average molecular weight is 423 g/mol. The van der Waals surface area contributed by atoms with Gasteiger partial charge in [-0.15, -0.1) is 0 Å². The zero-order chi connectivity index (χ0) is 14.0. The van der Waals surface area contributed by atoms with Crippen molar-refractivity contribution >= 4 is 60.8 Å². The van der Waals surface area contributed by atoms with Crippen LogP contribution in [0.15, 0.2) is 45.3 Å². The van der Waals surface area contributed by atoms with Gasteiger partial charge in [0.15, 0.2) is 5.78 Å². The largest absolute Gasteiger partial charge is 0.294 e. The van der Waals surface area contributed by atoms with Crippen molar-refractivity contribution in [2.75, 3.05) is 0 Å². The number of benzene rings is 2. The van der Waals surface area contributed by atoms with Crippen LogP contribution in [-0.2, 0) is 6.42 Å². The lowest BCUT2D eigenvalue weighted by Crippen LogP contribution is -2.04. The van der Waals surface area contributed by atoms with Gasteiger partial charge in [-0.2, -0.15) is 0 Å². The first-order valence-corrected chi connectivity index (χ1v) is 7.74. The summed E-state index contributed by atoms with van der Waals surface area (Å²) in [5.41, 5.74) is 1.49. The SMILES string of the molecule is O=C(Cc1ccc(Cl)c(Cl)c1)c1ccc(Br)cc1Br. The second-order valence-corrected chi connectivity index (χ2v) is 6.56. The van der Waals surface area contributed by atoms with Gasteiger partial charge in [-0.05, 0) is 35.9 Å². The second kappa shape index (κ2) is 6.40. The Morgan fingerprint density at radius 3 is 2.37 bits per heavy atom. The number of halogens is 4. The number of Topliss-reactive ketones (excluding diaryl/α,β-unsaturated/α-hetero) is 1. The molecule has 0 aromatic heterocycles. The quantitative estimate of drug-likeness (QED) is 0.559. The van der Waals surface area contributed by atoms with Gasteiger partial charge in [-0.3, -0.25) is 4.79 Å². The fourth-order valence-corrected chi connectivity index (χ4v) is 3.23. The van der Waals surface area contributed by atoms with Crippen molar-refractivity contribution in [3.05, 3.63) is 66.5 Å². The molecule has 0 saturated heterocycles. The minimum absolute atomic E-state index is 0.0257. The van der Waals surface area contributed by atoms with Crippen molar-refractivity contribution in [1.82, 2.24) is 0 Å². The maximum absolute atomic E-state index is 12.2. The van der Waals surface area contributed by atoms with Crippen LogP contribution in [0.2, 0.25) is 10.0 Å². The number of ketones is 1. The van der Waals surface area contributed by atoms with E-state index in [2.05, 4.69) is 31.9 Å². The first kappa shape index (κ1) is 15.0. The molecule has 0 bridgehead atoms. The molecule has 0 radical (unpaired) electrons. The van der Waals surface area contributed by atoms with Gasteiger partial charge in [-0.25, -0.2) is 0 Å². The number of hydrogen-bond acceptors (Lipinski definition) is 1. The van der Waals surface area contributed by atoms with Crippen LogP contribution in [-0.4, -0.2) is 5.78 Å². The van der Waals surface area contributed by atoms with Crippen molar-refractivity contribution in [3.63, 3.8) is 0 Å². The molecule has 0 spiro atoms. The normalized spacial score (nSPS) is 10.5. The van der Waals surface area contributed by atoms with Gasteiger partial charge in [0, 0.05) is 20.9 Å². The monoisotopic (exact) mass is 420 g/mol. The van der Waals surface area contributed by atoms with Crippen molar-refractivity contribution in [3.8, 4) is 0 Å². The Morgan fingerprint density at radius 1 is 1.00 bits per heavy atom. The highest BCUT2D eigenvalue weighted by Gasteiger charge is 2.12. The number of hydrogen-bond donors (Lipinski definition) is 0. The summed E-state index contributed by atoms with van der Waals surface area (Å²) in [4.78, 5) is 12.2. The van der Waals surface area contributed by atoms with E-state index < -0.39 is 0 Å². The Morgan fingerprint density at radius 2 is 1.74 bits per heavy atom. The predicted octanol–water partition coefficient (Wildman–Crippen LogP) is 5.94. The molecule has 0 N–H and O–H groups in total. The van der Waals surface area contributed by atoms with Crippen molar-refractivity contribution in [1.29, 1.82) is 0 Å². The van der Waals surface area contributed by atoms with E-state index in [1.807, 2.05) is 12.1 Å². The summed E-state index contributed by atoms with van der Waals surface area (Å²) < 4.78 is 1.69. The lowest BCUT2D eigenvalue weighted by Gasteiger charge is -2.05. The molecule has 0 saturated carbocycles. The maximum atomic E-state index is 12.2. The van der Waals surface area contributed by atoms with Crippen molar-refractivity contribution < 1.29 is 4.79 Å². The Balaban J connectivity index is 2.23. The molecule has 0 aliphatic rings. The number of carbonyl (C=O) groups is 1. The minimum Gasteiger partial charge on any atom is -0.294 e. The predicted molar refractivity (Wildman–Crippen MR) is 86.3 cm³/mol. The molecule has 0 aliphatic carbocycles. The Kier molecular flexibility index (Phi) is 5.07. The van der Waals surface area contributed by atoms with Gasteiger partial charge in [0.2, 0.25) is 0 Å². The van der Waals surface area contributed by atoms with Gasteiger partial charge in [0.1, 0.15) is 0 Å². The Hall–Kier alpha value is -0.350. The fourth-order valence-electron chi connectivity index (χ4n) is 1.65. The summed E-state index contributed by atoms with van der Waals surface area (Å²) in [5.74, 6) is 0.0257. The minimum atomic E-state index is 0.0257. The molecule has 19 heavy (non-hydrogen) atoms. The maximum Gasteiger partial charge on any atom is 0.168 e. The van der Waals surface area contributed by atoms with E-state index in [4.69, 9.17) is 23.2 Å². The molecular formula is C14H8Br2Cl2O. The fraction of sp³-hybridized carbons (Fsp3) is 0.0714. The van der Waals surface area contributed by atoms with Gasteiger partial charge in [-0.1, -0.05) is 61.1 Å². The van der Waals surface area contributed by atoms with Gasteiger partial charge >= 0.3 is 0 Å². The highest BCUT2D eigenvalue weighted by atomic mass is 79.9. The molecule has 0 aliphatic heterocycles. The molecule has 2 rings (SSSR count). The van der Waals surface area contributed by atoms with E-state index in [0.29, 0.717) is 15.6 Å². The standard InChI is InChI=1S/C14H8Br2Cl2O/c15-9-2-3-10(11(16)7-9)14(19)6-8-1-4-12(17)13(18)5-8/h1-5,7H,6H2. The van der Waals surface area contributed by atoms with Crippen LogP contribution in [0.1, 0.15) is 15.9 Å². The molecular weight excluding hydrogens is 415 g/mol. The molecule has 5 heteroatoms. The molecule has 1 nitrogen and oxygen atoms in total. The van der Waals surface area contributed by atoms with Gasteiger partial charge in [0.05, 0.1) is 10.0 Å². The lowest BCUT2D eigenvalue weighted by atomic mass is 10.0. The van der Waals surface area contributed by atoms with E-state index in [1.54, 1.807) is 24.3 Å². The van der Waals surface area contributed by atoms with Gasteiger partial charge in [0.25, 0.3) is 0 Å². The summed E-state index contributed by atoms with van der Waals surface area (Å²) in [6.07, 6.45) is 0.289. The molecule has 0 unspecified atom stereocenters. The number of rotatable bonds is 3. The summed E-state index contributed by atoms with van der Waals surface area (Å²) in [6, 6.07) is 10.7. The number of carbonyl (C=O) groups excluding carboxylic acids is 1. The summed E-state index contributed by atoms with van der Waals surface area (Å²) in [7, 11) is 0. The highest BCUT2D eigenvalue weighted by molar-refractivity contribution is 9.11. The highest BCUT2D eigenvalue weighted by Crippen LogP contribution is 2.26. The third-order valence-corrected chi connectivity index (χ3v) is 4.47. The van der Waals surface area contributed by atoms with Crippen LogP contribution in [0.5, 0.6) is 0 Å². The lowest BCUT2D eigenvalue weighted by molar-refractivity contribution is 0.0992. The summed E-state index contributed by atoms with van der Waals surface area (Å²) in [5, 5.41) is 0.949. The molecule has 2 aromatic carbocycles. The molecule has 2 aromatic rings. The van der Waals surface area contributed by atoms with E-state index in [-0.39, 0.29) is 12.2 Å². The van der Waals surface area contributed by atoms with Crippen LogP contribution in [0.4, 0.5) is 0 Å². The molecule has 0 heterocycles. The van der Waals surface area contributed by atoms with E-state index in [9.17, 15) is 4.79 Å². The first-order valence-electron chi connectivity index (χ1n) is 5.39. The third-order valence-electron chi connectivity index (χ3n) is 2.58. The molecule has 0 atom stereocenters. The second-order valence-electron chi connectivity index (χ2n) is 3.97. The topological polar surface area (TPSA) is 17.1 Å². The molecule has 0 fully saturated rings. The summed E-state index contributed by atoms with van der Waals surface area (Å²) >= 11 is 18.5. The van der Waals surface area contributed by atoms with Crippen LogP contribution in [0.3, 0.4) is 0 Å². The Bertz CT molecular complexity index is 641.